The highest BCUT2D eigenvalue weighted by Crippen LogP contribution is 2.26. The molecule has 0 bridgehead atoms. The van der Waals surface area contributed by atoms with E-state index in [2.05, 4.69) is 32.1 Å². The lowest BCUT2D eigenvalue weighted by atomic mass is 10.0. The fourth-order valence-electron chi connectivity index (χ4n) is 4.19. The maximum Gasteiger partial charge on any atom is 0.255 e. The van der Waals surface area contributed by atoms with Crippen LogP contribution in [0.15, 0.2) is 60.7 Å². The van der Waals surface area contributed by atoms with Gasteiger partial charge in [-0.3, -0.25) is 9.78 Å². The molecule has 3 aromatic rings. The Kier molecular flexibility index (Phi) is 5.19. The second kappa shape index (κ2) is 8.28. The number of pyridine rings is 1. The second-order valence-corrected chi connectivity index (χ2v) is 7.86. The van der Waals surface area contributed by atoms with Crippen LogP contribution >= 0.6 is 0 Å². The van der Waals surface area contributed by atoms with E-state index in [0.29, 0.717) is 12.2 Å². The lowest BCUT2D eigenvalue weighted by Gasteiger charge is -2.22. The second-order valence-electron chi connectivity index (χ2n) is 7.86. The van der Waals surface area contributed by atoms with Gasteiger partial charge in [-0.05, 0) is 50.0 Å². The Morgan fingerprint density at radius 1 is 1.23 bits per heavy atom. The van der Waals surface area contributed by atoms with E-state index >= 15 is 0 Å². The fourth-order valence-corrected chi connectivity index (χ4v) is 4.19. The van der Waals surface area contributed by atoms with E-state index in [9.17, 15) is 4.79 Å². The molecule has 4 heterocycles. The molecule has 0 aromatic carbocycles. The third-order valence-electron chi connectivity index (χ3n) is 5.76. The van der Waals surface area contributed by atoms with Gasteiger partial charge in [-0.25, -0.2) is 4.68 Å². The minimum absolute atomic E-state index is 0.0697. The first-order valence-corrected chi connectivity index (χ1v) is 10.5. The zero-order valence-corrected chi connectivity index (χ0v) is 16.8. The van der Waals surface area contributed by atoms with Crippen LogP contribution in [0.2, 0.25) is 0 Å². The van der Waals surface area contributed by atoms with Crippen LogP contribution in [0.1, 0.15) is 36.0 Å². The smallest absolute Gasteiger partial charge is 0.255 e. The standard InChI is InChI=1S/C23H25N5O2/c29-23(26-18-4-2-13-30-16-18)20-15-27(21-5-1-10-24-22(20)21)14-17-6-8-19(9-7-17)28-12-3-11-25-28/h1,3,5-6,8,10-12,15,18H,2,4,7,9,13-14,16H2,(H,26,29). The van der Waals surface area contributed by atoms with Gasteiger partial charge in [0.2, 0.25) is 0 Å². The first-order valence-electron chi connectivity index (χ1n) is 10.5. The summed E-state index contributed by atoms with van der Waals surface area (Å²) in [5.41, 5.74) is 4.86. The molecule has 7 heteroatoms. The molecule has 7 nitrogen and oxygen atoms in total. The van der Waals surface area contributed by atoms with E-state index in [1.807, 2.05) is 35.3 Å². The number of rotatable bonds is 5. The number of nitrogens with zero attached hydrogens (tertiary/aromatic N) is 4. The van der Waals surface area contributed by atoms with Gasteiger partial charge in [-0.2, -0.15) is 5.10 Å². The van der Waals surface area contributed by atoms with E-state index in [1.165, 1.54) is 11.3 Å². The van der Waals surface area contributed by atoms with Crippen molar-refractivity contribution in [1.82, 2.24) is 24.6 Å². The SMILES string of the molecule is O=C(NC1CCCOC1)c1cn(CC2=CC=C(n3cccn3)CC2)c2cccnc12. The van der Waals surface area contributed by atoms with Gasteiger partial charge >= 0.3 is 0 Å². The van der Waals surface area contributed by atoms with Crippen LogP contribution in [0, 0.1) is 0 Å². The number of aromatic nitrogens is 4. The quantitative estimate of drug-likeness (QED) is 0.709. The van der Waals surface area contributed by atoms with Crippen LogP contribution in [0.5, 0.6) is 0 Å². The lowest BCUT2D eigenvalue weighted by molar-refractivity contribution is 0.0624. The van der Waals surface area contributed by atoms with Gasteiger partial charge < -0.3 is 14.6 Å². The lowest BCUT2D eigenvalue weighted by Crippen LogP contribution is -2.40. The maximum atomic E-state index is 13.0. The molecule has 1 N–H and O–H groups in total. The summed E-state index contributed by atoms with van der Waals surface area (Å²) in [7, 11) is 0. The number of hydrogen-bond acceptors (Lipinski definition) is 4. The number of hydrogen-bond donors (Lipinski definition) is 1. The molecule has 0 spiro atoms. The summed E-state index contributed by atoms with van der Waals surface area (Å²) in [6, 6.07) is 5.95. The molecule has 1 aliphatic heterocycles. The molecule has 3 aromatic heterocycles. The summed E-state index contributed by atoms with van der Waals surface area (Å²) >= 11 is 0. The molecular formula is C23H25N5O2. The Hall–Kier alpha value is -3.19. The molecule has 2 aliphatic rings. The Morgan fingerprint density at radius 3 is 2.97 bits per heavy atom. The monoisotopic (exact) mass is 403 g/mol. The van der Waals surface area contributed by atoms with Gasteiger partial charge in [0.15, 0.2) is 0 Å². The maximum absolute atomic E-state index is 13.0. The van der Waals surface area contributed by atoms with Gasteiger partial charge in [0.1, 0.15) is 5.52 Å². The molecule has 1 saturated heterocycles. The Bertz CT molecular complexity index is 1100. The van der Waals surface area contributed by atoms with Crippen LogP contribution in [-0.2, 0) is 11.3 Å². The molecule has 1 aliphatic carbocycles. The van der Waals surface area contributed by atoms with Crippen molar-refractivity contribution < 1.29 is 9.53 Å². The molecule has 1 unspecified atom stereocenters. The molecule has 154 valence electrons. The van der Waals surface area contributed by atoms with Crippen molar-refractivity contribution in [3.05, 3.63) is 66.3 Å². The van der Waals surface area contributed by atoms with Gasteiger partial charge in [-0.1, -0.05) is 11.6 Å². The van der Waals surface area contributed by atoms with Crippen molar-refractivity contribution in [3.8, 4) is 0 Å². The number of fused-ring (bicyclic) bond motifs is 1. The van der Waals surface area contributed by atoms with Crippen molar-refractivity contribution >= 4 is 22.6 Å². The van der Waals surface area contributed by atoms with Crippen molar-refractivity contribution in [2.45, 2.75) is 38.3 Å². The molecular weight excluding hydrogens is 378 g/mol. The predicted molar refractivity (Wildman–Crippen MR) is 115 cm³/mol. The molecule has 1 atom stereocenters. The number of ether oxygens (including phenoxy) is 1. The van der Waals surface area contributed by atoms with Gasteiger partial charge in [-0.15, -0.1) is 0 Å². The van der Waals surface area contributed by atoms with Crippen LogP contribution in [-0.4, -0.2) is 44.5 Å². The van der Waals surface area contributed by atoms with Gasteiger partial charge in [0, 0.05) is 43.6 Å². The average molecular weight is 403 g/mol. The van der Waals surface area contributed by atoms with Crippen molar-refractivity contribution in [3.63, 3.8) is 0 Å². The highest BCUT2D eigenvalue weighted by molar-refractivity contribution is 6.05. The third kappa shape index (κ3) is 3.80. The summed E-state index contributed by atoms with van der Waals surface area (Å²) in [5, 5.41) is 7.43. The van der Waals surface area contributed by atoms with Crippen molar-refractivity contribution in [1.29, 1.82) is 0 Å². The largest absolute Gasteiger partial charge is 0.379 e. The number of carbonyl (C=O) groups excluding carboxylic acids is 1. The topological polar surface area (TPSA) is 74.0 Å². The predicted octanol–water partition coefficient (Wildman–Crippen LogP) is 3.40. The van der Waals surface area contributed by atoms with E-state index < -0.39 is 0 Å². The number of amides is 1. The summed E-state index contributed by atoms with van der Waals surface area (Å²) < 4.78 is 9.54. The highest BCUT2D eigenvalue weighted by atomic mass is 16.5. The molecule has 5 rings (SSSR count). The van der Waals surface area contributed by atoms with Crippen LogP contribution in [0.4, 0.5) is 0 Å². The highest BCUT2D eigenvalue weighted by Gasteiger charge is 2.21. The van der Waals surface area contributed by atoms with Crippen LogP contribution in [0.3, 0.4) is 0 Å². The number of allylic oxidation sites excluding steroid dienone is 4. The Balaban J connectivity index is 1.38. The summed E-state index contributed by atoms with van der Waals surface area (Å²) in [6.45, 7) is 2.10. The molecule has 0 radical (unpaired) electrons. The Labute approximate surface area is 175 Å². The first kappa shape index (κ1) is 18.8. The van der Waals surface area contributed by atoms with E-state index in [0.717, 1.165) is 49.9 Å². The third-order valence-corrected chi connectivity index (χ3v) is 5.76. The molecule has 1 fully saturated rings. The minimum Gasteiger partial charge on any atom is -0.379 e. The van der Waals surface area contributed by atoms with E-state index in [4.69, 9.17) is 4.74 Å². The summed E-state index contributed by atoms with van der Waals surface area (Å²) in [6.07, 6.45) is 15.6. The van der Waals surface area contributed by atoms with Gasteiger partial charge in [0.25, 0.3) is 5.91 Å². The number of nitrogens with one attached hydrogen (secondary N) is 1. The minimum atomic E-state index is -0.0774. The fraction of sp³-hybridized carbons (Fsp3) is 0.348. The first-order chi connectivity index (χ1) is 14.8. The molecule has 30 heavy (non-hydrogen) atoms. The Morgan fingerprint density at radius 2 is 2.20 bits per heavy atom. The zero-order chi connectivity index (χ0) is 20.3. The van der Waals surface area contributed by atoms with Crippen molar-refractivity contribution in [2.24, 2.45) is 0 Å². The van der Waals surface area contributed by atoms with Crippen LogP contribution < -0.4 is 5.32 Å². The zero-order valence-electron chi connectivity index (χ0n) is 16.8. The molecule has 1 amide bonds. The summed E-state index contributed by atoms with van der Waals surface area (Å²) in [5.74, 6) is -0.0774. The van der Waals surface area contributed by atoms with E-state index in [-0.39, 0.29) is 11.9 Å². The van der Waals surface area contributed by atoms with E-state index in [1.54, 1.807) is 12.4 Å². The normalized spacial score (nSPS) is 19.4. The summed E-state index contributed by atoms with van der Waals surface area (Å²) in [4.78, 5) is 17.5. The molecule has 0 saturated carbocycles. The van der Waals surface area contributed by atoms with Crippen molar-refractivity contribution in [2.75, 3.05) is 13.2 Å². The van der Waals surface area contributed by atoms with Crippen LogP contribution in [0.25, 0.3) is 16.7 Å². The number of carbonyl (C=O) groups is 1. The van der Waals surface area contributed by atoms with Gasteiger partial charge in [0.05, 0.1) is 23.7 Å². The average Bonchev–Trinajstić information content (AvgIpc) is 3.44.